The third-order valence-electron chi connectivity index (χ3n) is 2.24. The van der Waals surface area contributed by atoms with Crippen molar-refractivity contribution in [3.63, 3.8) is 0 Å². The van der Waals surface area contributed by atoms with E-state index in [4.69, 9.17) is 9.47 Å². The fourth-order valence-electron chi connectivity index (χ4n) is 1.57. The lowest BCUT2D eigenvalue weighted by atomic mass is 10.2. The second kappa shape index (κ2) is 2.54. The van der Waals surface area contributed by atoms with E-state index in [-0.39, 0.29) is 5.56 Å². The molecule has 0 saturated heterocycles. The van der Waals surface area contributed by atoms with E-state index < -0.39 is 0 Å². The maximum atomic E-state index is 11.3. The number of fused-ring (bicyclic) bond motifs is 2. The van der Waals surface area contributed by atoms with Crippen LogP contribution in [-0.4, -0.2) is 23.4 Å². The molecular formula is C9H8N2O3. The highest BCUT2D eigenvalue weighted by Gasteiger charge is 2.14. The summed E-state index contributed by atoms with van der Waals surface area (Å²) >= 11 is 0. The molecule has 5 heteroatoms. The average molecular weight is 192 g/mol. The van der Waals surface area contributed by atoms with Gasteiger partial charge in [0.05, 0.1) is 10.9 Å². The molecule has 0 unspecified atom stereocenters. The average Bonchev–Trinajstić information content (AvgIpc) is 2.57. The molecule has 0 spiro atoms. The summed E-state index contributed by atoms with van der Waals surface area (Å²) in [6, 6.07) is 3.46. The van der Waals surface area contributed by atoms with Crippen molar-refractivity contribution in [2.75, 3.05) is 13.2 Å². The molecule has 0 amide bonds. The highest BCUT2D eigenvalue weighted by Crippen LogP contribution is 2.32. The second-order valence-electron chi connectivity index (χ2n) is 3.12. The molecule has 2 N–H and O–H groups in total. The van der Waals surface area contributed by atoms with Crippen molar-refractivity contribution >= 4 is 10.9 Å². The van der Waals surface area contributed by atoms with Gasteiger partial charge in [0.25, 0.3) is 5.56 Å². The minimum atomic E-state index is -0.142. The highest BCUT2D eigenvalue weighted by molar-refractivity contribution is 5.82. The van der Waals surface area contributed by atoms with E-state index in [1.54, 1.807) is 12.1 Å². The second-order valence-corrected chi connectivity index (χ2v) is 3.12. The molecular weight excluding hydrogens is 184 g/mol. The first kappa shape index (κ1) is 7.49. The predicted molar refractivity (Wildman–Crippen MR) is 49.9 cm³/mol. The van der Waals surface area contributed by atoms with Crippen LogP contribution in [-0.2, 0) is 0 Å². The molecule has 1 aromatic heterocycles. The Balaban J connectivity index is 2.35. The van der Waals surface area contributed by atoms with E-state index in [0.29, 0.717) is 30.1 Å². The zero-order chi connectivity index (χ0) is 9.54. The Morgan fingerprint density at radius 1 is 1.07 bits per heavy atom. The van der Waals surface area contributed by atoms with Crippen LogP contribution in [0.15, 0.2) is 16.9 Å². The lowest BCUT2D eigenvalue weighted by Gasteiger charge is -2.17. The van der Waals surface area contributed by atoms with Crippen molar-refractivity contribution in [1.29, 1.82) is 0 Å². The molecule has 0 radical (unpaired) electrons. The van der Waals surface area contributed by atoms with Crippen LogP contribution in [0.2, 0.25) is 0 Å². The number of hydrogen-bond donors (Lipinski definition) is 2. The van der Waals surface area contributed by atoms with Crippen LogP contribution in [0.1, 0.15) is 0 Å². The van der Waals surface area contributed by atoms with Gasteiger partial charge in [-0.2, -0.15) is 0 Å². The van der Waals surface area contributed by atoms with E-state index in [9.17, 15) is 4.79 Å². The predicted octanol–water partition coefficient (Wildman–Crippen LogP) is 0.627. The van der Waals surface area contributed by atoms with Gasteiger partial charge in [-0.05, 0) is 6.07 Å². The van der Waals surface area contributed by atoms with Crippen LogP contribution in [0.25, 0.3) is 10.9 Å². The van der Waals surface area contributed by atoms with E-state index >= 15 is 0 Å². The van der Waals surface area contributed by atoms with Crippen molar-refractivity contribution in [3.05, 3.63) is 22.5 Å². The number of ether oxygens (including phenoxy) is 2. The van der Waals surface area contributed by atoms with Crippen molar-refractivity contribution in [1.82, 2.24) is 10.2 Å². The Bertz CT molecular complexity index is 540. The monoisotopic (exact) mass is 192 g/mol. The number of nitrogens with one attached hydrogen (secondary N) is 2. The number of hydrogen-bond acceptors (Lipinski definition) is 3. The minimum absolute atomic E-state index is 0.142. The summed E-state index contributed by atoms with van der Waals surface area (Å²) in [7, 11) is 0. The largest absolute Gasteiger partial charge is 0.486 e. The summed E-state index contributed by atoms with van der Waals surface area (Å²) in [5.74, 6) is 1.31. The van der Waals surface area contributed by atoms with Crippen molar-refractivity contribution in [3.8, 4) is 11.5 Å². The van der Waals surface area contributed by atoms with Gasteiger partial charge in [-0.25, -0.2) is 0 Å². The lowest BCUT2D eigenvalue weighted by molar-refractivity contribution is 0.172. The highest BCUT2D eigenvalue weighted by atomic mass is 16.6. The molecule has 0 aliphatic carbocycles. The van der Waals surface area contributed by atoms with E-state index in [0.717, 1.165) is 5.52 Å². The normalized spacial score (nSPS) is 14.6. The smallest absolute Gasteiger partial charge is 0.271 e. The van der Waals surface area contributed by atoms with Gasteiger partial charge in [-0.15, -0.1) is 0 Å². The fraction of sp³-hybridized carbons (Fsp3) is 0.222. The van der Waals surface area contributed by atoms with Gasteiger partial charge in [-0.3, -0.25) is 15.0 Å². The Kier molecular flexibility index (Phi) is 1.36. The number of aromatic nitrogens is 2. The maximum absolute atomic E-state index is 11.3. The number of H-pyrrole nitrogens is 2. The summed E-state index contributed by atoms with van der Waals surface area (Å²) in [4.78, 5) is 11.3. The van der Waals surface area contributed by atoms with Crippen LogP contribution in [0.4, 0.5) is 0 Å². The molecule has 2 aromatic rings. The van der Waals surface area contributed by atoms with E-state index in [2.05, 4.69) is 10.2 Å². The van der Waals surface area contributed by atoms with Crippen molar-refractivity contribution < 1.29 is 9.47 Å². The first-order chi connectivity index (χ1) is 6.84. The van der Waals surface area contributed by atoms with Crippen LogP contribution in [0.3, 0.4) is 0 Å². The molecule has 0 saturated carbocycles. The molecule has 1 aliphatic rings. The molecule has 0 bridgehead atoms. The summed E-state index contributed by atoms with van der Waals surface area (Å²) in [5, 5.41) is 5.86. The molecule has 1 aliphatic heterocycles. The van der Waals surface area contributed by atoms with Crippen LogP contribution < -0.4 is 15.0 Å². The van der Waals surface area contributed by atoms with Gasteiger partial charge in [-0.1, -0.05) is 0 Å². The first-order valence-corrected chi connectivity index (χ1v) is 4.34. The van der Waals surface area contributed by atoms with Gasteiger partial charge in [0.2, 0.25) is 0 Å². The van der Waals surface area contributed by atoms with Crippen molar-refractivity contribution in [2.45, 2.75) is 0 Å². The SMILES string of the molecule is O=c1[nH][nH]c2cc3c(cc12)OCCO3. The third kappa shape index (κ3) is 0.921. The molecule has 5 nitrogen and oxygen atoms in total. The minimum Gasteiger partial charge on any atom is -0.486 e. The molecule has 72 valence electrons. The molecule has 1 aromatic carbocycles. The summed E-state index contributed by atoms with van der Waals surface area (Å²) in [6.07, 6.45) is 0. The summed E-state index contributed by atoms with van der Waals surface area (Å²) in [6.45, 7) is 1.08. The van der Waals surface area contributed by atoms with E-state index in [1.165, 1.54) is 0 Å². The number of benzene rings is 1. The topological polar surface area (TPSA) is 67.1 Å². The van der Waals surface area contributed by atoms with Crippen LogP contribution in [0.5, 0.6) is 11.5 Å². The van der Waals surface area contributed by atoms with Crippen LogP contribution >= 0.6 is 0 Å². The van der Waals surface area contributed by atoms with E-state index in [1.807, 2.05) is 0 Å². The zero-order valence-electron chi connectivity index (χ0n) is 7.29. The number of aromatic amines is 2. The Hall–Kier alpha value is -1.91. The Labute approximate surface area is 78.6 Å². The quantitative estimate of drug-likeness (QED) is 0.643. The van der Waals surface area contributed by atoms with Crippen molar-refractivity contribution in [2.24, 2.45) is 0 Å². The standard InChI is InChI=1S/C9H8N2O3/c12-9-5-3-7-8(14-2-1-13-7)4-6(5)10-11-9/h3-4H,1-2H2,(H2,10,11,12). The Morgan fingerprint density at radius 3 is 2.57 bits per heavy atom. The summed E-state index contributed by atoms with van der Waals surface area (Å²) in [5.41, 5.74) is 0.594. The van der Waals surface area contributed by atoms with Crippen LogP contribution in [0, 0.1) is 0 Å². The lowest BCUT2D eigenvalue weighted by Crippen LogP contribution is -2.15. The summed E-state index contributed by atoms with van der Waals surface area (Å²) < 4.78 is 10.7. The van der Waals surface area contributed by atoms with Gasteiger partial charge < -0.3 is 9.47 Å². The molecule has 14 heavy (non-hydrogen) atoms. The molecule has 0 fully saturated rings. The number of rotatable bonds is 0. The zero-order valence-corrected chi connectivity index (χ0v) is 7.29. The third-order valence-corrected chi connectivity index (χ3v) is 2.24. The Morgan fingerprint density at radius 2 is 1.79 bits per heavy atom. The van der Waals surface area contributed by atoms with Gasteiger partial charge >= 0.3 is 0 Å². The fourth-order valence-corrected chi connectivity index (χ4v) is 1.57. The molecule has 3 rings (SSSR count). The maximum Gasteiger partial charge on any atom is 0.271 e. The van der Waals surface area contributed by atoms with Gasteiger partial charge in [0, 0.05) is 6.07 Å². The molecule has 2 heterocycles. The molecule has 0 atom stereocenters. The van der Waals surface area contributed by atoms with Gasteiger partial charge in [0.1, 0.15) is 13.2 Å². The van der Waals surface area contributed by atoms with Gasteiger partial charge in [0.15, 0.2) is 11.5 Å². The first-order valence-electron chi connectivity index (χ1n) is 4.34.